The number of oxazole rings is 1. The summed E-state index contributed by atoms with van der Waals surface area (Å²) < 4.78 is 5.52. The minimum atomic E-state index is 0.565. The number of aliphatic imine (C=N–C) groups is 1. The molecule has 122 valence electrons. The largest absolute Gasteiger partial charge is 0.444 e. The van der Waals surface area contributed by atoms with E-state index < -0.39 is 0 Å². The Morgan fingerprint density at radius 2 is 2.17 bits per heavy atom. The summed E-state index contributed by atoms with van der Waals surface area (Å²) in [6.45, 7) is 5.12. The van der Waals surface area contributed by atoms with Crippen LogP contribution < -0.4 is 10.6 Å². The maximum atomic E-state index is 5.52. The first kappa shape index (κ1) is 17.1. The Hall–Kier alpha value is -2.21. The van der Waals surface area contributed by atoms with Crippen LogP contribution in [-0.2, 0) is 6.54 Å². The summed E-state index contributed by atoms with van der Waals surface area (Å²) in [5, 5.41) is 6.49. The molecule has 0 radical (unpaired) electrons. The summed E-state index contributed by atoms with van der Waals surface area (Å²) in [6.07, 6.45) is 3.58. The fraction of sp³-hybridized carbons (Fsp3) is 0.294. The number of thioether (sulfide) groups is 1. The highest BCUT2D eigenvalue weighted by atomic mass is 32.2. The number of benzene rings is 1. The molecule has 0 aliphatic rings. The molecule has 0 fully saturated rings. The molecule has 1 aromatic heterocycles. The summed E-state index contributed by atoms with van der Waals surface area (Å²) in [6, 6.07) is 9.86. The zero-order chi connectivity index (χ0) is 16.3. The highest BCUT2D eigenvalue weighted by Crippen LogP contribution is 2.17. The molecule has 23 heavy (non-hydrogen) atoms. The number of hydrogen-bond donors (Lipinski definition) is 2. The lowest BCUT2D eigenvalue weighted by atomic mass is 10.2. The first-order chi connectivity index (χ1) is 11.3. The number of guanidine groups is 1. The molecular formula is C17H22N4OS. The molecule has 0 spiro atoms. The van der Waals surface area contributed by atoms with Gasteiger partial charge in [-0.3, -0.25) is 4.99 Å². The van der Waals surface area contributed by atoms with Crippen LogP contribution in [0.5, 0.6) is 0 Å². The van der Waals surface area contributed by atoms with Crippen molar-refractivity contribution in [1.82, 2.24) is 15.6 Å². The van der Waals surface area contributed by atoms with Gasteiger partial charge in [0.05, 0.1) is 12.2 Å². The van der Waals surface area contributed by atoms with Crippen molar-refractivity contribution in [1.29, 1.82) is 0 Å². The van der Waals surface area contributed by atoms with Crippen molar-refractivity contribution in [3.63, 3.8) is 0 Å². The molecule has 2 N–H and O–H groups in total. The van der Waals surface area contributed by atoms with Gasteiger partial charge in [-0.25, -0.2) is 4.98 Å². The standard InChI is InChI=1S/C17H22N4OS/c1-3-10-23-11-9-19-17(18-2)20-12-15-13-22-16(21-15)14-7-5-4-6-8-14/h3-8,13H,1,9-12H2,2H3,(H2,18,19,20). The van der Waals surface area contributed by atoms with Crippen LogP contribution in [0.2, 0.25) is 0 Å². The monoisotopic (exact) mass is 330 g/mol. The van der Waals surface area contributed by atoms with Gasteiger partial charge in [-0.15, -0.1) is 6.58 Å². The molecule has 0 amide bonds. The molecule has 5 nitrogen and oxygen atoms in total. The van der Waals surface area contributed by atoms with Crippen LogP contribution in [0.1, 0.15) is 5.69 Å². The van der Waals surface area contributed by atoms with E-state index in [-0.39, 0.29) is 0 Å². The van der Waals surface area contributed by atoms with Crippen LogP contribution in [-0.4, -0.2) is 36.0 Å². The van der Waals surface area contributed by atoms with Crippen molar-refractivity contribution in [2.24, 2.45) is 4.99 Å². The molecule has 0 bridgehead atoms. The first-order valence-electron chi connectivity index (χ1n) is 7.46. The fourth-order valence-corrected chi connectivity index (χ4v) is 2.48. The quantitative estimate of drug-likeness (QED) is 0.337. The number of nitrogens with zero attached hydrogens (tertiary/aromatic N) is 2. The van der Waals surface area contributed by atoms with Crippen LogP contribution in [0.3, 0.4) is 0 Å². The van der Waals surface area contributed by atoms with Gasteiger partial charge in [0.2, 0.25) is 5.89 Å². The number of nitrogens with one attached hydrogen (secondary N) is 2. The van der Waals surface area contributed by atoms with Crippen molar-refractivity contribution >= 4 is 17.7 Å². The lowest BCUT2D eigenvalue weighted by Crippen LogP contribution is -2.38. The molecule has 0 saturated carbocycles. The van der Waals surface area contributed by atoms with E-state index in [1.165, 1.54) is 0 Å². The van der Waals surface area contributed by atoms with Crippen molar-refractivity contribution < 1.29 is 4.42 Å². The number of aromatic nitrogens is 1. The summed E-state index contributed by atoms with van der Waals surface area (Å²) in [5.74, 6) is 3.36. The molecule has 0 aliphatic heterocycles. The Morgan fingerprint density at radius 1 is 1.35 bits per heavy atom. The predicted molar refractivity (Wildman–Crippen MR) is 97.7 cm³/mol. The minimum absolute atomic E-state index is 0.565. The summed E-state index contributed by atoms with van der Waals surface area (Å²) in [5.41, 5.74) is 1.81. The third-order valence-electron chi connectivity index (χ3n) is 3.01. The van der Waals surface area contributed by atoms with E-state index >= 15 is 0 Å². The van der Waals surface area contributed by atoms with Gasteiger partial charge in [-0.2, -0.15) is 11.8 Å². The average molecular weight is 330 g/mol. The van der Waals surface area contributed by atoms with E-state index in [2.05, 4.69) is 27.2 Å². The molecule has 6 heteroatoms. The second-order valence-electron chi connectivity index (χ2n) is 4.73. The van der Waals surface area contributed by atoms with E-state index in [4.69, 9.17) is 4.42 Å². The molecule has 1 aromatic carbocycles. The van der Waals surface area contributed by atoms with Gasteiger partial charge in [-0.1, -0.05) is 24.3 Å². The molecule has 0 unspecified atom stereocenters. The van der Waals surface area contributed by atoms with Crippen LogP contribution >= 0.6 is 11.8 Å². The van der Waals surface area contributed by atoms with E-state index in [0.29, 0.717) is 12.4 Å². The lowest BCUT2D eigenvalue weighted by molar-refractivity contribution is 0.572. The fourth-order valence-electron chi connectivity index (χ4n) is 1.90. The Morgan fingerprint density at radius 3 is 2.91 bits per heavy atom. The van der Waals surface area contributed by atoms with Gasteiger partial charge in [0.15, 0.2) is 5.96 Å². The van der Waals surface area contributed by atoms with Gasteiger partial charge >= 0.3 is 0 Å². The second-order valence-corrected chi connectivity index (χ2v) is 5.88. The molecule has 1 heterocycles. The van der Waals surface area contributed by atoms with E-state index in [1.807, 2.05) is 48.2 Å². The molecule has 2 rings (SSSR count). The van der Waals surface area contributed by atoms with Crippen molar-refractivity contribution in [2.45, 2.75) is 6.54 Å². The third kappa shape index (κ3) is 5.83. The molecule has 2 aromatic rings. The summed E-state index contributed by atoms with van der Waals surface area (Å²) >= 11 is 1.83. The molecule has 0 saturated heterocycles. The smallest absolute Gasteiger partial charge is 0.226 e. The summed E-state index contributed by atoms with van der Waals surface area (Å²) in [7, 11) is 1.75. The van der Waals surface area contributed by atoms with Gasteiger partial charge < -0.3 is 15.1 Å². The highest BCUT2D eigenvalue weighted by Gasteiger charge is 2.06. The number of rotatable bonds is 8. The van der Waals surface area contributed by atoms with Crippen molar-refractivity contribution in [2.75, 3.05) is 25.1 Å². The normalized spacial score (nSPS) is 11.3. The van der Waals surface area contributed by atoms with Crippen LogP contribution in [0.15, 0.2) is 58.7 Å². The second kappa shape index (κ2) is 9.74. The van der Waals surface area contributed by atoms with E-state index in [1.54, 1.807) is 13.3 Å². The lowest BCUT2D eigenvalue weighted by Gasteiger charge is -2.10. The Labute approximate surface area is 141 Å². The van der Waals surface area contributed by atoms with Gasteiger partial charge in [0.1, 0.15) is 6.26 Å². The average Bonchev–Trinajstić information content (AvgIpc) is 3.07. The maximum absolute atomic E-state index is 5.52. The van der Waals surface area contributed by atoms with E-state index in [9.17, 15) is 0 Å². The minimum Gasteiger partial charge on any atom is -0.444 e. The maximum Gasteiger partial charge on any atom is 0.226 e. The SMILES string of the molecule is C=CCSCCNC(=NC)NCc1coc(-c2ccccc2)n1. The topological polar surface area (TPSA) is 62.5 Å². The Bertz CT molecular complexity index is 625. The zero-order valence-corrected chi connectivity index (χ0v) is 14.1. The van der Waals surface area contributed by atoms with Gasteiger partial charge in [0.25, 0.3) is 0 Å². The Balaban J connectivity index is 1.78. The Kier molecular flexibility index (Phi) is 7.26. The van der Waals surface area contributed by atoms with E-state index in [0.717, 1.165) is 35.3 Å². The zero-order valence-electron chi connectivity index (χ0n) is 13.3. The molecular weight excluding hydrogens is 308 g/mol. The third-order valence-corrected chi connectivity index (χ3v) is 3.97. The predicted octanol–water partition coefficient (Wildman–Crippen LogP) is 2.93. The first-order valence-corrected chi connectivity index (χ1v) is 8.62. The van der Waals surface area contributed by atoms with Crippen LogP contribution in [0.25, 0.3) is 11.5 Å². The van der Waals surface area contributed by atoms with Gasteiger partial charge in [-0.05, 0) is 12.1 Å². The van der Waals surface area contributed by atoms with Gasteiger partial charge in [0, 0.05) is 30.7 Å². The number of hydrogen-bond acceptors (Lipinski definition) is 4. The summed E-state index contributed by atoms with van der Waals surface area (Å²) in [4.78, 5) is 8.67. The highest BCUT2D eigenvalue weighted by molar-refractivity contribution is 7.99. The van der Waals surface area contributed by atoms with Crippen LogP contribution in [0, 0.1) is 0 Å². The van der Waals surface area contributed by atoms with Crippen molar-refractivity contribution in [3.8, 4) is 11.5 Å². The van der Waals surface area contributed by atoms with Crippen molar-refractivity contribution in [3.05, 3.63) is 54.9 Å². The molecule has 0 atom stereocenters. The molecule has 0 aliphatic carbocycles. The van der Waals surface area contributed by atoms with Crippen LogP contribution in [0.4, 0.5) is 0 Å².